The smallest absolute Gasteiger partial charge is 0.269 e. The van der Waals surface area contributed by atoms with E-state index >= 15 is 0 Å². The molecule has 0 bridgehead atoms. The molecule has 0 saturated carbocycles. The van der Waals surface area contributed by atoms with Gasteiger partial charge in [-0.1, -0.05) is 18.0 Å². The Morgan fingerprint density at radius 3 is 2.71 bits per heavy atom. The van der Waals surface area contributed by atoms with Gasteiger partial charge in [0, 0.05) is 23.2 Å². The van der Waals surface area contributed by atoms with Crippen LogP contribution < -0.4 is 11.5 Å². The summed E-state index contributed by atoms with van der Waals surface area (Å²) in [6, 6.07) is 4.04. The molecular formula is C11H16ClN3O2. The maximum Gasteiger partial charge on any atom is 0.269 e. The second-order valence-corrected chi connectivity index (χ2v) is 4.26. The molecule has 0 amide bonds. The highest BCUT2D eigenvalue weighted by atomic mass is 35.5. The van der Waals surface area contributed by atoms with Crippen molar-refractivity contribution in [3.63, 3.8) is 0 Å². The van der Waals surface area contributed by atoms with Gasteiger partial charge in [0.05, 0.1) is 4.92 Å². The Kier molecular flexibility index (Phi) is 5.34. The molecule has 94 valence electrons. The van der Waals surface area contributed by atoms with Crippen LogP contribution in [0.1, 0.15) is 30.9 Å². The minimum absolute atomic E-state index is 0.0127. The lowest BCUT2D eigenvalue weighted by atomic mass is 10.0. The zero-order chi connectivity index (χ0) is 12.8. The first kappa shape index (κ1) is 13.9. The number of nitrogens with two attached hydrogens (primary N) is 2. The first-order valence-electron chi connectivity index (χ1n) is 5.45. The average Bonchev–Trinajstić information content (AvgIpc) is 2.29. The first-order chi connectivity index (χ1) is 8.06. The fraction of sp³-hybridized carbons (Fsp3) is 0.455. The Morgan fingerprint density at radius 1 is 1.41 bits per heavy atom. The van der Waals surface area contributed by atoms with Crippen LogP contribution in [0.25, 0.3) is 0 Å². The Bertz CT molecular complexity index is 398. The van der Waals surface area contributed by atoms with Gasteiger partial charge in [0.2, 0.25) is 0 Å². The number of nitro groups is 1. The lowest BCUT2D eigenvalue weighted by Crippen LogP contribution is -2.12. The summed E-state index contributed by atoms with van der Waals surface area (Å²) < 4.78 is 0. The van der Waals surface area contributed by atoms with Crippen LogP contribution in [0, 0.1) is 10.1 Å². The molecule has 0 fully saturated rings. The van der Waals surface area contributed by atoms with Crippen molar-refractivity contribution >= 4 is 17.3 Å². The van der Waals surface area contributed by atoms with Crippen LogP contribution in [0.4, 0.5) is 5.69 Å². The topological polar surface area (TPSA) is 95.2 Å². The fourth-order valence-electron chi connectivity index (χ4n) is 1.59. The van der Waals surface area contributed by atoms with E-state index in [9.17, 15) is 10.1 Å². The van der Waals surface area contributed by atoms with E-state index < -0.39 is 4.92 Å². The van der Waals surface area contributed by atoms with E-state index in [4.69, 9.17) is 23.1 Å². The van der Waals surface area contributed by atoms with Gasteiger partial charge in [-0.2, -0.15) is 0 Å². The van der Waals surface area contributed by atoms with Crippen LogP contribution in [-0.4, -0.2) is 11.5 Å². The molecule has 0 saturated heterocycles. The molecule has 0 heterocycles. The third-order valence-corrected chi connectivity index (χ3v) is 2.90. The number of benzene rings is 1. The van der Waals surface area contributed by atoms with Crippen LogP contribution in [0.15, 0.2) is 18.2 Å². The quantitative estimate of drug-likeness (QED) is 0.465. The maximum absolute atomic E-state index is 10.7. The normalized spacial score (nSPS) is 12.4. The minimum Gasteiger partial charge on any atom is -0.330 e. The zero-order valence-corrected chi connectivity index (χ0v) is 10.2. The Labute approximate surface area is 105 Å². The number of hydrogen-bond donors (Lipinski definition) is 2. The summed E-state index contributed by atoms with van der Waals surface area (Å²) in [5.74, 6) is 0. The molecule has 0 aliphatic carbocycles. The molecule has 1 aromatic rings. The van der Waals surface area contributed by atoms with Gasteiger partial charge in [-0.3, -0.25) is 10.1 Å². The third-order valence-electron chi connectivity index (χ3n) is 2.56. The number of halogens is 1. The summed E-state index contributed by atoms with van der Waals surface area (Å²) >= 11 is 5.98. The molecule has 5 nitrogen and oxygen atoms in total. The molecular weight excluding hydrogens is 242 g/mol. The highest BCUT2D eigenvalue weighted by Crippen LogP contribution is 2.28. The predicted molar refractivity (Wildman–Crippen MR) is 67.9 cm³/mol. The van der Waals surface area contributed by atoms with Crippen molar-refractivity contribution in [2.75, 3.05) is 6.54 Å². The fourth-order valence-corrected chi connectivity index (χ4v) is 1.85. The summed E-state index contributed by atoms with van der Waals surface area (Å²) in [6.45, 7) is 0.620. The summed E-state index contributed by atoms with van der Waals surface area (Å²) in [6.07, 6.45) is 2.50. The zero-order valence-electron chi connectivity index (χ0n) is 9.43. The minimum atomic E-state index is -0.452. The summed E-state index contributed by atoms with van der Waals surface area (Å²) in [5, 5.41) is 11.1. The molecule has 0 aliphatic rings. The third kappa shape index (κ3) is 3.96. The van der Waals surface area contributed by atoms with Crippen LogP contribution in [0.5, 0.6) is 0 Å². The van der Waals surface area contributed by atoms with Gasteiger partial charge in [-0.25, -0.2) is 0 Å². The van der Waals surface area contributed by atoms with Gasteiger partial charge in [-0.05, 0) is 31.0 Å². The number of non-ortho nitro benzene ring substituents is 1. The van der Waals surface area contributed by atoms with Crippen molar-refractivity contribution in [1.82, 2.24) is 0 Å². The lowest BCUT2D eigenvalue weighted by Gasteiger charge is -2.13. The van der Waals surface area contributed by atoms with E-state index in [-0.39, 0.29) is 11.7 Å². The summed E-state index contributed by atoms with van der Waals surface area (Å²) in [4.78, 5) is 10.2. The van der Waals surface area contributed by atoms with Crippen molar-refractivity contribution in [3.8, 4) is 0 Å². The first-order valence-corrected chi connectivity index (χ1v) is 5.83. The Hall–Kier alpha value is -1.17. The highest BCUT2D eigenvalue weighted by Gasteiger charge is 2.14. The van der Waals surface area contributed by atoms with Gasteiger partial charge in [0.25, 0.3) is 5.69 Å². The number of nitrogens with zero attached hydrogens (tertiary/aromatic N) is 1. The molecule has 0 spiro atoms. The van der Waals surface area contributed by atoms with Crippen molar-refractivity contribution in [2.45, 2.75) is 25.3 Å². The number of unbranched alkanes of at least 4 members (excludes halogenated alkanes) is 1. The molecule has 1 aromatic carbocycles. The van der Waals surface area contributed by atoms with E-state index in [1.54, 1.807) is 0 Å². The summed E-state index contributed by atoms with van der Waals surface area (Å²) in [5.41, 5.74) is 12.0. The standard InChI is InChI=1S/C11H16ClN3O2/c12-10-5-4-8(15(16)17)7-9(10)11(14)3-1-2-6-13/h4-5,7,11H,1-3,6,13-14H2/t11-/m1/s1. The second-order valence-electron chi connectivity index (χ2n) is 3.85. The monoisotopic (exact) mass is 257 g/mol. The molecule has 6 heteroatoms. The van der Waals surface area contributed by atoms with E-state index in [1.165, 1.54) is 18.2 Å². The van der Waals surface area contributed by atoms with E-state index in [1.807, 2.05) is 0 Å². The summed E-state index contributed by atoms with van der Waals surface area (Å²) in [7, 11) is 0. The van der Waals surface area contributed by atoms with Crippen molar-refractivity contribution < 1.29 is 4.92 Å². The maximum atomic E-state index is 10.7. The van der Waals surface area contributed by atoms with Gasteiger partial charge < -0.3 is 11.5 Å². The number of rotatable bonds is 6. The lowest BCUT2D eigenvalue weighted by molar-refractivity contribution is -0.384. The molecule has 1 atom stereocenters. The van der Waals surface area contributed by atoms with Crippen LogP contribution in [0.3, 0.4) is 0 Å². The van der Waals surface area contributed by atoms with Crippen LogP contribution in [0.2, 0.25) is 5.02 Å². The molecule has 17 heavy (non-hydrogen) atoms. The number of hydrogen-bond acceptors (Lipinski definition) is 4. The van der Waals surface area contributed by atoms with Crippen LogP contribution >= 0.6 is 11.6 Å². The van der Waals surface area contributed by atoms with E-state index in [0.29, 0.717) is 17.1 Å². The van der Waals surface area contributed by atoms with Crippen molar-refractivity contribution in [3.05, 3.63) is 38.9 Å². The second kappa shape index (κ2) is 6.54. The van der Waals surface area contributed by atoms with Gasteiger partial charge >= 0.3 is 0 Å². The molecule has 4 N–H and O–H groups in total. The largest absolute Gasteiger partial charge is 0.330 e. The Balaban J connectivity index is 2.80. The molecule has 0 aromatic heterocycles. The molecule has 0 unspecified atom stereocenters. The SMILES string of the molecule is NCCCC[C@@H](N)c1cc([N+](=O)[O-])ccc1Cl. The highest BCUT2D eigenvalue weighted by molar-refractivity contribution is 6.31. The van der Waals surface area contributed by atoms with E-state index in [2.05, 4.69) is 0 Å². The number of nitro benzene ring substituents is 1. The Morgan fingerprint density at radius 2 is 2.12 bits per heavy atom. The van der Waals surface area contributed by atoms with Crippen molar-refractivity contribution in [1.29, 1.82) is 0 Å². The van der Waals surface area contributed by atoms with Crippen molar-refractivity contribution in [2.24, 2.45) is 11.5 Å². The van der Waals surface area contributed by atoms with Gasteiger partial charge in [0.1, 0.15) is 0 Å². The molecule has 0 radical (unpaired) electrons. The molecule has 0 aliphatic heterocycles. The predicted octanol–water partition coefficient (Wildman–Crippen LogP) is 2.38. The van der Waals surface area contributed by atoms with E-state index in [0.717, 1.165) is 19.3 Å². The average molecular weight is 258 g/mol. The van der Waals surface area contributed by atoms with Gasteiger partial charge in [0.15, 0.2) is 0 Å². The molecule has 1 rings (SSSR count). The van der Waals surface area contributed by atoms with Crippen LogP contribution in [-0.2, 0) is 0 Å². The van der Waals surface area contributed by atoms with Gasteiger partial charge in [-0.15, -0.1) is 0 Å².